The van der Waals surface area contributed by atoms with Gasteiger partial charge in [0.15, 0.2) is 0 Å². The number of aliphatic hydroxyl groups is 1. The van der Waals surface area contributed by atoms with Crippen LogP contribution in [-0.2, 0) is 0 Å². The van der Waals surface area contributed by atoms with Crippen molar-refractivity contribution in [3.05, 3.63) is 35.5 Å². The van der Waals surface area contributed by atoms with E-state index < -0.39 is 6.04 Å². The summed E-state index contributed by atoms with van der Waals surface area (Å²) in [5, 5.41) is 12.6. The predicted octanol–water partition coefficient (Wildman–Crippen LogP) is 1.18. The highest BCUT2D eigenvalue weighted by Gasteiger charge is 2.15. The molecule has 0 saturated carbocycles. The van der Waals surface area contributed by atoms with Gasteiger partial charge in [-0.3, -0.25) is 0 Å². The lowest BCUT2D eigenvalue weighted by molar-refractivity contribution is 0.237. The molecular formula is C11H12FN3O2. The van der Waals surface area contributed by atoms with Crippen LogP contribution in [0.3, 0.4) is 0 Å². The molecule has 0 bridgehead atoms. The summed E-state index contributed by atoms with van der Waals surface area (Å²) in [7, 11) is 0. The highest BCUT2D eigenvalue weighted by atomic mass is 19.1. The summed E-state index contributed by atoms with van der Waals surface area (Å²) in [5.41, 5.74) is 6.92. The summed E-state index contributed by atoms with van der Waals surface area (Å²) in [4.78, 5) is 4.06. The summed E-state index contributed by atoms with van der Waals surface area (Å²) < 4.78 is 17.9. The van der Waals surface area contributed by atoms with E-state index in [9.17, 15) is 4.39 Å². The Morgan fingerprint density at radius 2 is 2.29 bits per heavy atom. The number of rotatable bonds is 3. The van der Waals surface area contributed by atoms with Crippen LogP contribution in [0.25, 0.3) is 11.4 Å². The Labute approximate surface area is 97.1 Å². The van der Waals surface area contributed by atoms with Crippen LogP contribution >= 0.6 is 0 Å². The molecule has 0 aliphatic rings. The maximum atomic E-state index is 12.9. The average molecular weight is 237 g/mol. The van der Waals surface area contributed by atoms with E-state index in [1.54, 1.807) is 13.0 Å². The first-order valence-electron chi connectivity index (χ1n) is 5.08. The van der Waals surface area contributed by atoms with Crippen LogP contribution in [0.1, 0.15) is 17.5 Å². The normalized spacial score (nSPS) is 12.7. The minimum atomic E-state index is -0.697. The van der Waals surface area contributed by atoms with Gasteiger partial charge in [0.2, 0.25) is 11.7 Å². The minimum Gasteiger partial charge on any atom is -0.394 e. The summed E-state index contributed by atoms with van der Waals surface area (Å²) in [6.07, 6.45) is 0. The largest absolute Gasteiger partial charge is 0.394 e. The molecule has 5 nitrogen and oxygen atoms in total. The number of nitrogens with two attached hydrogens (primary N) is 1. The van der Waals surface area contributed by atoms with E-state index in [2.05, 4.69) is 10.1 Å². The van der Waals surface area contributed by atoms with Gasteiger partial charge >= 0.3 is 0 Å². The monoisotopic (exact) mass is 237 g/mol. The van der Waals surface area contributed by atoms with Crippen molar-refractivity contribution < 1.29 is 14.0 Å². The molecule has 1 aromatic carbocycles. The zero-order valence-corrected chi connectivity index (χ0v) is 9.22. The Kier molecular flexibility index (Phi) is 3.16. The maximum Gasteiger partial charge on any atom is 0.246 e. The quantitative estimate of drug-likeness (QED) is 0.837. The fraction of sp³-hybridized carbons (Fsp3) is 0.273. The van der Waals surface area contributed by atoms with Crippen LogP contribution in [0.15, 0.2) is 22.7 Å². The molecule has 0 amide bonds. The van der Waals surface area contributed by atoms with Gasteiger partial charge in [-0.05, 0) is 30.7 Å². The highest BCUT2D eigenvalue weighted by Crippen LogP contribution is 2.22. The van der Waals surface area contributed by atoms with Crippen LogP contribution in [0, 0.1) is 12.7 Å². The van der Waals surface area contributed by atoms with Crippen molar-refractivity contribution in [3.8, 4) is 11.4 Å². The third kappa shape index (κ3) is 2.32. The molecule has 0 spiro atoms. The topological polar surface area (TPSA) is 85.2 Å². The molecule has 0 fully saturated rings. The summed E-state index contributed by atoms with van der Waals surface area (Å²) in [5.74, 6) is 0.176. The third-order valence-corrected chi connectivity index (χ3v) is 2.38. The van der Waals surface area contributed by atoms with E-state index in [1.807, 2.05) is 0 Å². The van der Waals surface area contributed by atoms with Gasteiger partial charge in [0, 0.05) is 5.56 Å². The van der Waals surface area contributed by atoms with Crippen molar-refractivity contribution in [2.75, 3.05) is 6.61 Å². The van der Waals surface area contributed by atoms with E-state index in [0.717, 1.165) is 0 Å². The standard InChI is InChI=1S/C11H12FN3O2/c1-6-4-7(12)2-3-8(6)10-14-11(17-15-10)9(13)5-16/h2-4,9,16H,5,13H2,1H3. The average Bonchev–Trinajstić information content (AvgIpc) is 2.77. The van der Waals surface area contributed by atoms with E-state index in [0.29, 0.717) is 17.0 Å². The summed E-state index contributed by atoms with van der Waals surface area (Å²) >= 11 is 0. The number of halogens is 1. The lowest BCUT2D eigenvalue weighted by atomic mass is 10.1. The Bertz CT molecular complexity index is 527. The van der Waals surface area contributed by atoms with Crippen LogP contribution in [0.2, 0.25) is 0 Å². The van der Waals surface area contributed by atoms with Crippen LogP contribution < -0.4 is 5.73 Å². The van der Waals surface area contributed by atoms with Gasteiger partial charge in [-0.25, -0.2) is 4.39 Å². The molecule has 90 valence electrons. The first-order valence-corrected chi connectivity index (χ1v) is 5.08. The van der Waals surface area contributed by atoms with E-state index in [4.69, 9.17) is 15.4 Å². The van der Waals surface area contributed by atoms with Gasteiger partial charge in [0.05, 0.1) is 6.61 Å². The molecule has 1 heterocycles. The van der Waals surface area contributed by atoms with Crippen molar-refractivity contribution in [1.82, 2.24) is 10.1 Å². The number of hydrogen-bond donors (Lipinski definition) is 2. The van der Waals surface area contributed by atoms with E-state index in [-0.39, 0.29) is 18.3 Å². The highest BCUT2D eigenvalue weighted by molar-refractivity contribution is 5.59. The molecule has 2 rings (SSSR count). The molecule has 3 N–H and O–H groups in total. The first-order chi connectivity index (χ1) is 8.11. The Morgan fingerprint density at radius 1 is 1.53 bits per heavy atom. The molecule has 1 aromatic heterocycles. The number of aromatic nitrogens is 2. The van der Waals surface area contributed by atoms with Crippen molar-refractivity contribution in [2.45, 2.75) is 13.0 Å². The van der Waals surface area contributed by atoms with Crippen molar-refractivity contribution >= 4 is 0 Å². The molecule has 0 aliphatic carbocycles. The number of hydrogen-bond acceptors (Lipinski definition) is 5. The SMILES string of the molecule is Cc1cc(F)ccc1-c1noc(C(N)CO)n1. The molecule has 0 radical (unpaired) electrons. The second kappa shape index (κ2) is 4.60. The van der Waals surface area contributed by atoms with Crippen LogP contribution in [-0.4, -0.2) is 21.9 Å². The maximum absolute atomic E-state index is 12.9. The fourth-order valence-corrected chi connectivity index (χ4v) is 1.45. The Morgan fingerprint density at radius 3 is 2.94 bits per heavy atom. The van der Waals surface area contributed by atoms with Gasteiger partial charge in [0.1, 0.15) is 11.9 Å². The molecule has 1 unspecified atom stereocenters. The van der Waals surface area contributed by atoms with Crippen LogP contribution in [0.5, 0.6) is 0 Å². The molecular weight excluding hydrogens is 225 g/mol. The minimum absolute atomic E-state index is 0.159. The molecule has 1 atom stereocenters. The van der Waals surface area contributed by atoms with Crippen molar-refractivity contribution in [2.24, 2.45) is 5.73 Å². The number of nitrogens with zero attached hydrogens (tertiary/aromatic N) is 2. The third-order valence-electron chi connectivity index (χ3n) is 2.38. The summed E-state index contributed by atoms with van der Waals surface area (Å²) in [6, 6.07) is 3.59. The van der Waals surface area contributed by atoms with Gasteiger partial charge in [0.25, 0.3) is 0 Å². The fourth-order valence-electron chi connectivity index (χ4n) is 1.45. The molecule has 2 aromatic rings. The predicted molar refractivity (Wildman–Crippen MR) is 58.4 cm³/mol. The smallest absolute Gasteiger partial charge is 0.246 e. The van der Waals surface area contributed by atoms with Gasteiger partial charge < -0.3 is 15.4 Å². The van der Waals surface area contributed by atoms with Gasteiger partial charge in [-0.2, -0.15) is 4.98 Å². The molecule has 0 aliphatic heterocycles. The zero-order chi connectivity index (χ0) is 12.4. The molecule has 6 heteroatoms. The second-order valence-corrected chi connectivity index (χ2v) is 3.70. The van der Waals surface area contributed by atoms with Gasteiger partial charge in [-0.15, -0.1) is 0 Å². The number of aliphatic hydroxyl groups excluding tert-OH is 1. The number of benzene rings is 1. The van der Waals surface area contributed by atoms with E-state index in [1.165, 1.54) is 12.1 Å². The lowest BCUT2D eigenvalue weighted by Gasteiger charge is -2.00. The molecule has 17 heavy (non-hydrogen) atoms. The van der Waals surface area contributed by atoms with Crippen molar-refractivity contribution in [3.63, 3.8) is 0 Å². The lowest BCUT2D eigenvalue weighted by Crippen LogP contribution is -2.14. The second-order valence-electron chi connectivity index (χ2n) is 3.70. The van der Waals surface area contributed by atoms with E-state index >= 15 is 0 Å². The number of aryl methyl sites for hydroxylation is 1. The Balaban J connectivity index is 2.37. The van der Waals surface area contributed by atoms with Crippen LogP contribution in [0.4, 0.5) is 4.39 Å². The van der Waals surface area contributed by atoms with Crippen molar-refractivity contribution in [1.29, 1.82) is 0 Å². The Hall–Kier alpha value is -1.79. The summed E-state index contributed by atoms with van der Waals surface area (Å²) in [6.45, 7) is 1.48. The first kappa shape index (κ1) is 11.7. The molecule has 0 saturated heterocycles. The zero-order valence-electron chi connectivity index (χ0n) is 9.22. The van der Waals surface area contributed by atoms with Gasteiger partial charge in [-0.1, -0.05) is 5.16 Å².